The van der Waals surface area contributed by atoms with Crippen LogP contribution in [0, 0.1) is 6.92 Å². The molecule has 1 aromatic heterocycles. The fourth-order valence-electron chi connectivity index (χ4n) is 2.77. The van der Waals surface area contributed by atoms with Crippen LogP contribution in [0.1, 0.15) is 18.1 Å². The number of hydrogen-bond donors (Lipinski definition) is 3. The Balaban J connectivity index is 1.86. The molecule has 1 aliphatic heterocycles. The van der Waals surface area contributed by atoms with Crippen LogP contribution in [-0.4, -0.2) is 28.8 Å². The second-order valence-electron chi connectivity index (χ2n) is 5.66. The number of thiol groups is 1. The molecule has 2 N–H and O–H groups in total. The molecule has 1 amide bonds. The van der Waals surface area contributed by atoms with E-state index in [1.54, 1.807) is 13.0 Å². The number of aromatic amines is 1. The van der Waals surface area contributed by atoms with Crippen molar-refractivity contribution in [3.63, 3.8) is 0 Å². The molecule has 1 aromatic carbocycles. The molecule has 22 heavy (non-hydrogen) atoms. The second kappa shape index (κ2) is 5.68. The number of carbonyl (C=O) groups excluding carboxylic acids is 1. The first-order chi connectivity index (χ1) is 10.5. The number of carbonyl (C=O) groups is 1. The number of nitrogens with one attached hydrogen (secondary N) is 2. The average molecular weight is 318 g/mol. The van der Waals surface area contributed by atoms with Crippen LogP contribution < -0.4 is 15.6 Å². The number of H-pyrrole nitrogens is 1. The highest BCUT2D eigenvalue weighted by atomic mass is 32.1. The first kappa shape index (κ1) is 15.0. The van der Waals surface area contributed by atoms with E-state index in [1.807, 2.05) is 13.0 Å². The van der Waals surface area contributed by atoms with Crippen LogP contribution >= 0.6 is 12.6 Å². The summed E-state index contributed by atoms with van der Waals surface area (Å²) in [5.41, 5.74) is 2.80. The van der Waals surface area contributed by atoms with E-state index < -0.39 is 0 Å². The number of aromatic nitrogens is 1. The van der Waals surface area contributed by atoms with Crippen molar-refractivity contribution in [2.75, 3.05) is 6.54 Å². The fraction of sp³-hybridized carbons (Fsp3) is 0.375. The second-order valence-corrected chi connectivity index (χ2v) is 6.43. The molecule has 0 spiro atoms. The first-order valence-corrected chi connectivity index (χ1v) is 7.75. The van der Waals surface area contributed by atoms with Crippen molar-refractivity contribution in [1.29, 1.82) is 0 Å². The van der Waals surface area contributed by atoms with E-state index in [0.29, 0.717) is 6.54 Å². The van der Waals surface area contributed by atoms with E-state index in [9.17, 15) is 9.59 Å². The van der Waals surface area contributed by atoms with Gasteiger partial charge in [-0.3, -0.25) is 9.59 Å². The SMILES string of the molecule is Cc1cc2c(c3ccc(=O)[nH]c13)OC(CNC(=O)C(C)S)C2. The molecule has 116 valence electrons. The summed E-state index contributed by atoms with van der Waals surface area (Å²) in [4.78, 5) is 25.9. The third-order valence-corrected chi connectivity index (χ3v) is 4.09. The lowest BCUT2D eigenvalue weighted by Gasteiger charge is -2.13. The zero-order valence-corrected chi connectivity index (χ0v) is 13.4. The normalized spacial score (nSPS) is 17.9. The van der Waals surface area contributed by atoms with Gasteiger partial charge in [0, 0.05) is 17.9 Å². The molecule has 2 atom stereocenters. The fourth-order valence-corrected chi connectivity index (χ4v) is 2.86. The maximum absolute atomic E-state index is 11.6. The summed E-state index contributed by atoms with van der Waals surface area (Å²) < 4.78 is 5.98. The topological polar surface area (TPSA) is 71.2 Å². The molecule has 2 unspecified atom stereocenters. The zero-order valence-electron chi connectivity index (χ0n) is 12.5. The predicted molar refractivity (Wildman–Crippen MR) is 88.9 cm³/mol. The van der Waals surface area contributed by atoms with E-state index in [1.165, 1.54) is 6.07 Å². The third-order valence-electron chi connectivity index (χ3n) is 3.86. The molecule has 2 heterocycles. The van der Waals surface area contributed by atoms with Crippen LogP contribution in [0.25, 0.3) is 10.9 Å². The lowest BCUT2D eigenvalue weighted by Crippen LogP contribution is -2.37. The van der Waals surface area contributed by atoms with Gasteiger partial charge in [-0.2, -0.15) is 12.6 Å². The molecule has 6 heteroatoms. The van der Waals surface area contributed by atoms with Crippen LogP contribution in [0.15, 0.2) is 23.0 Å². The number of fused-ring (bicyclic) bond motifs is 3. The Morgan fingerprint density at radius 2 is 2.32 bits per heavy atom. The highest BCUT2D eigenvalue weighted by Crippen LogP contribution is 2.36. The maximum atomic E-state index is 11.6. The summed E-state index contributed by atoms with van der Waals surface area (Å²) in [6.07, 6.45) is 0.648. The van der Waals surface area contributed by atoms with Crippen LogP contribution in [0.2, 0.25) is 0 Å². The molecule has 0 aliphatic carbocycles. The van der Waals surface area contributed by atoms with E-state index in [2.05, 4.69) is 22.9 Å². The first-order valence-electron chi connectivity index (χ1n) is 7.23. The van der Waals surface area contributed by atoms with Crippen molar-refractivity contribution in [2.24, 2.45) is 0 Å². The third kappa shape index (κ3) is 2.70. The number of ether oxygens (including phenoxy) is 1. The monoisotopic (exact) mass is 318 g/mol. The van der Waals surface area contributed by atoms with Gasteiger partial charge in [0.1, 0.15) is 11.9 Å². The lowest BCUT2D eigenvalue weighted by molar-refractivity contribution is -0.120. The van der Waals surface area contributed by atoms with Gasteiger partial charge in [-0.05, 0) is 31.0 Å². The van der Waals surface area contributed by atoms with Crippen LogP contribution in [0.5, 0.6) is 5.75 Å². The smallest absolute Gasteiger partial charge is 0.248 e. The Bertz CT molecular complexity index is 798. The van der Waals surface area contributed by atoms with Gasteiger partial charge in [-0.25, -0.2) is 0 Å². The van der Waals surface area contributed by atoms with Crippen molar-refractivity contribution in [1.82, 2.24) is 10.3 Å². The van der Waals surface area contributed by atoms with Gasteiger partial charge in [0.25, 0.3) is 0 Å². The number of benzene rings is 1. The summed E-state index contributed by atoms with van der Waals surface area (Å²) >= 11 is 4.10. The zero-order chi connectivity index (χ0) is 15.9. The van der Waals surface area contributed by atoms with Gasteiger partial charge < -0.3 is 15.0 Å². The van der Waals surface area contributed by atoms with Crippen molar-refractivity contribution >= 4 is 29.4 Å². The van der Waals surface area contributed by atoms with Gasteiger partial charge in [0.15, 0.2) is 0 Å². The molecule has 3 rings (SSSR count). The molecule has 0 bridgehead atoms. The number of hydrogen-bond acceptors (Lipinski definition) is 4. The Labute approximate surface area is 133 Å². The van der Waals surface area contributed by atoms with Crippen molar-refractivity contribution < 1.29 is 9.53 Å². The molecule has 0 radical (unpaired) electrons. The highest BCUT2D eigenvalue weighted by Gasteiger charge is 2.26. The van der Waals surface area contributed by atoms with Crippen molar-refractivity contribution in [2.45, 2.75) is 31.6 Å². The number of rotatable bonds is 3. The summed E-state index contributed by atoms with van der Waals surface area (Å²) in [5, 5.41) is 3.40. The van der Waals surface area contributed by atoms with Gasteiger partial charge >= 0.3 is 0 Å². The minimum atomic E-state index is -0.336. The number of pyridine rings is 1. The standard InChI is InChI=1S/C16H18N2O3S/c1-8-5-10-6-11(7-17-16(20)9(2)22)21-15(10)12-3-4-13(19)18-14(8)12/h3-5,9,11,22H,6-7H2,1-2H3,(H,17,20)(H,18,19). The van der Waals surface area contributed by atoms with E-state index in [-0.39, 0.29) is 22.8 Å². The minimum absolute atomic E-state index is 0.0945. The van der Waals surface area contributed by atoms with Crippen LogP contribution in [0.4, 0.5) is 0 Å². The van der Waals surface area contributed by atoms with Gasteiger partial charge in [-0.1, -0.05) is 6.07 Å². The molecule has 0 saturated heterocycles. The average Bonchev–Trinajstić information content (AvgIpc) is 2.87. The molecule has 2 aromatic rings. The Morgan fingerprint density at radius 1 is 1.55 bits per heavy atom. The Morgan fingerprint density at radius 3 is 3.05 bits per heavy atom. The van der Waals surface area contributed by atoms with Crippen LogP contribution in [0.3, 0.4) is 0 Å². The Kier molecular flexibility index (Phi) is 3.87. The predicted octanol–water partition coefficient (Wildman–Crippen LogP) is 1.57. The maximum Gasteiger partial charge on any atom is 0.248 e. The number of aryl methyl sites for hydroxylation is 1. The number of amides is 1. The minimum Gasteiger partial charge on any atom is -0.487 e. The van der Waals surface area contributed by atoms with E-state index in [0.717, 1.165) is 34.2 Å². The molecule has 0 saturated carbocycles. The van der Waals surface area contributed by atoms with E-state index >= 15 is 0 Å². The van der Waals surface area contributed by atoms with Gasteiger partial charge in [0.2, 0.25) is 11.5 Å². The molecule has 5 nitrogen and oxygen atoms in total. The largest absolute Gasteiger partial charge is 0.487 e. The Hall–Kier alpha value is -1.95. The summed E-state index contributed by atoms with van der Waals surface area (Å²) in [7, 11) is 0. The molecule has 1 aliphatic rings. The highest BCUT2D eigenvalue weighted by molar-refractivity contribution is 7.81. The van der Waals surface area contributed by atoms with Crippen molar-refractivity contribution in [3.05, 3.63) is 39.7 Å². The summed E-state index contributed by atoms with van der Waals surface area (Å²) in [5.74, 6) is 0.697. The van der Waals surface area contributed by atoms with Crippen LogP contribution in [-0.2, 0) is 11.2 Å². The van der Waals surface area contributed by atoms with Gasteiger partial charge in [0.05, 0.1) is 17.3 Å². The lowest BCUT2D eigenvalue weighted by atomic mass is 10.0. The van der Waals surface area contributed by atoms with Crippen molar-refractivity contribution in [3.8, 4) is 5.75 Å². The summed E-state index contributed by atoms with van der Waals surface area (Å²) in [6, 6.07) is 5.33. The molecular weight excluding hydrogens is 300 g/mol. The summed E-state index contributed by atoms with van der Waals surface area (Å²) in [6.45, 7) is 4.15. The van der Waals surface area contributed by atoms with Gasteiger partial charge in [-0.15, -0.1) is 0 Å². The quantitative estimate of drug-likeness (QED) is 0.752. The molecule has 0 fully saturated rings. The van der Waals surface area contributed by atoms with E-state index in [4.69, 9.17) is 4.74 Å². The molecular formula is C16H18N2O3S.